The second-order valence-corrected chi connectivity index (χ2v) is 8.95. The fourth-order valence-electron chi connectivity index (χ4n) is 4.79. The van der Waals surface area contributed by atoms with Gasteiger partial charge >= 0.3 is 0 Å². The minimum absolute atomic E-state index is 0.0285. The summed E-state index contributed by atoms with van der Waals surface area (Å²) in [5.41, 5.74) is 2.77. The highest BCUT2D eigenvalue weighted by molar-refractivity contribution is 6.42. The molecule has 0 saturated carbocycles. The first-order valence-corrected chi connectivity index (χ1v) is 10.4. The monoisotopic (exact) mass is 404 g/mol. The first-order valence-electron chi connectivity index (χ1n) is 10.4. The number of pyridine rings is 1. The molecule has 0 aromatic carbocycles. The summed E-state index contributed by atoms with van der Waals surface area (Å²) in [6, 6.07) is 3.44. The molecule has 5 heterocycles. The standard InChI is InChI=1S/C20H23B2FN6O/c1-11-2-3-15-13(8-12(23)9-24-15)16-4-6-20(21,22)29(16)17-5-7-28-18(27-17)14(10-25-28)19(30)26-11/h5,7-11,16H,2-4,6,21-22H2,1H3,(H,26,30)/t11-,16?/m1/s1. The van der Waals surface area contributed by atoms with E-state index in [9.17, 15) is 9.18 Å². The molecule has 1 N–H and O–H groups in total. The van der Waals surface area contributed by atoms with E-state index in [4.69, 9.17) is 4.98 Å². The molecule has 2 aliphatic rings. The van der Waals surface area contributed by atoms with Crippen LogP contribution in [0.25, 0.3) is 5.65 Å². The molecule has 5 rings (SSSR count). The Balaban J connectivity index is 1.74. The van der Waals surface area contributed by atoms with Crippen LogP contribution in [0.5, 0.6) is 0 Å². The number of hydrogen-bond donors (Lipinski definition) is 1. The largest absolute Gasteiger partial charge is 0.360 e. The lowest BCUT2D eigenvalue weighted by atomic mass is 9.60. The molecule has 0 radical (unpaired) electrons. The summed E-state index contributed by atoms with van der Waals surface area (Å²) in [4.78, 5) is 24.4. The second kappa shape index (κ2) is 6.82. The van der Waals surface area contributed by atoms with Crippen molar-refractivity contribution in [2.24, 2.45) is 0 Å². The molecule has 3 aromatic rings. The summed E-state index contributed by atoms with van der Waals surface area (Å²) in [6.07, 6.45) is 7.88. The van der Waals surface area contributed by atoms with Crippen LogP contribution in [0.3, 0.4) is 0 Å². The number of aromatic nitrogens is 4. The topological polar surface area (TPSA) is 75.4 Å². The van der Waals surface area contributed by atoms with Gasteiger partial charge in [-0.25, -0.2) is 13.9 Å². The molecule has 3 aromatic heterocycles. The van der Waals surface area contributed by atoms with Gasteiger partial charge in [0, 0.05) is 17.9 Å². The highest BCUT2D eigenvalue weighted by Gasteiger charge is 2.42. The highest BCUT2D eigenvalue weighted by Crippen LogP contribution is 2.43. The maximum atomic E-state index is 14.2. The van der Waals surface area contributed by atoms with Crippen LogP contribution >= 0.6 is 0 Å². The lowest BCUT2D eigenvalue weighted by molar-refractivity contribution is 0.0940. The third kappa shape index (κ3) is 3.05. The van der Waals surface area contributed by atoms with Gasteiger partial charge in [-0.2, -0.15) is 5.10 Å². The number of hydrogen-bond acceptors (Lipinski definition) is 5. The van der Waals surface area contributed by atoms with Crippen LogP contribution in [0.15, 0.2) is 30.7 Å². The molecule has 1 unspecified atom stereocenters. The Morgan fingerprint density at radius 3 is 2.97 bits per heavy atom. The van der Waals surface area contributed by atoms with Gasteiger partial charge in [0.25, 0.3) is 5.91 Å². The molecule has 1 fully saturated rings. The number of anilines is 1. The molecule has 152 valence electrons. The number of carbonyl (C=O) groups is 1. The number of nitrogens with zero attached hydrogens (tertiary/aromatic N) is 5. The van der Waals surface area contributed by atoms with E-state index in [1.165, 1.54) is 6.20 Å². The van der Waals surface area contributed by atoms with Crippen molar-refractivity contribution in [2.75, 3.05) is 4.90 Å². The Morgan fingerprint density at radius 2 is 2.13 bits per heavy atom. The van der Waals surface area contributed by atoms with Crippen LogP contribution < -0.4 is 10.2 Å². The number of nitrogens with one attached hydrogen (secondary N) is 1. The number of halogens is 1. The normalized spacial score (nSPS) is 23.3. The Hall–Kier alpha value is -2.90. The minimum Gasteiger partial charge on any atom is -0.360 e. The van der Waals surface area contributed by atoms with Crippen LogP contribution in [0, 0.1) is 5.82 Å². The third-order valence-corrected chi connectivity index (χ3v) is 6.36. The average molecular weight is 404 g/mol. The summed E-state index contributed by atoms with van der Waals surface area (Å²) in [5, 5.41) is 7.16. The molecule has 30 heavy (non-hydrogen) atoms. The third-order valence-electron chi connectivity index (χ3n) is 6.36. The van der Waals surface area contributed by atoms with Gasteiger partial charge in [0.2, 0.25) is 0 Å². The molecule has 2 bridgehead atoms. The summed E-state index contributed by atoms with van der Waals surface area (Å²) >= 11 is 0. The van der Waals surface area contributed by atoms with Gasteiger partial charge in [0.05, 0.1) is 18.4 Å². The van der Waals surface area contributed by atoms with E-state index in [-0.39, 0.29) is 29.1 Å². The summed E-state index contributed by atoms with van der Waals surface area (Å²) in [5.74, 6) is 0.239. The van der Waals surface area contributed by atoms with Crippen molar-refractivity contribution < 1.29 is 9.18 Å². The predicted octanol–water partition coefficient (Wildman–Crippen LogP) is 0.589. The van der Waals surface area contributed by atoms with E-state index < -0.39 is 0 Å². The van der Waals surface area contributed by atoms with Crippen molar-refractivity contribution in [1.29, 1.82) is 0 Å². The Bertz CT molecular complexity index is 1150. The lowest BCUT2D eigenvalue weighted by Crippen LogP contribution is -2.46. The molecule has 7 nitrogen and oxygen atoms in total. The zero-order valence-electron chi connectivity index (χ0n) is 17.4. The smallest absolute Gasteiger partial charge is 0.256 e. The molecule has 2 aliphatic heterocycles. The van der Waals surface area contributed by atoms with Crippen molar-refractivity contribution in [1.82, 2.24) is 24.9 Å². The van der Waals surface area contributed by atoms with Crippen molar-refractivity contribution in [3.05, 3.63) is 53.4 Å². The maximum Gasteiger partial charge on any atom is 0.256 e. The van der Waals surface area contributed by atoms with Crippen molar-refractivity contribution >= 4 is 33.1 Å². The van der Waals surface area contributed by atoms with E-state index in [0.717, 1.165) is 29.9 Å². The number of carbonyl (C=O) groups excluding carboxylic acids is 1. The minimum atomic E-state index is -0.328. The predicted molar refractivity (Wildman–Crippen MR) is 117 cm³/mol. The van der Waals surface area contributed by atoms with E-state index in [1.807, 2.05) is 19.2 Å². The van der Waals surface area contributed by atoms with Crippen LogP contribution in [0.2, 0.25) is 0 Å². The van der Waals surface area contributed by atoms with Gasteiger partial charge < -0.3 is 10.2 Å². The maximum absolute atomic E-state index is 14.2. The van der Waals surface area contributed by atoms with Crippen LogP contribution in [-0.2, 0) is 6.42 Å². The average Bonchev–Trinajstić information content (AvgIpc) is 3.26. The molecule has 0 spiro atoms. The summed E-state index contributed by atoms with van der Waals surface area (Å²) in [7, 11) is 4.35. The van der Waals surface area contributed by atoms with Gasteiger partial charge in [-0.3, -0.25) is 9.78 Å². The molecular weight excluding hydrogens is 381 g/mol. The number of aryl methyl sites for hydroxylation is 1. The van der Waals surface area contributed by atoms with E-state index in [1.54, 1.807) is 16.8 Å². The Kier molecular flexibility index (Phi) is 4.34. The molecule has 2 atom stereocenters. The highest BCUT2D eigenvalue weighted by atomic mass is 19.1. The van der Waals surface area contributed by atoms with E-state index in [2.05, 4.69) is 36.0 Å². The summed E-state index contributed by atoms with van der Waals surface area (Å²) < 4.78 is 15.9. The number of fused-ring (bicyclic) bond motifs is 5. The van der Waals surface area contributed by atoms with Crippen molar-refractivity contribution in [2.45, 2.75) is 50.0 Å². The molecule has 10 heteroatoms. The van der Waals surface area contributed by atoms with Gasteiger partial charge in [0.1, 0.15) is 32.9 Å². The van der Waals surface area contributed by atoms with Gasteiger partial charge in [-0.1, -0.05) is 0 Å². The Morgan fingerprint density at radius 1 is 1.30 bits per heavy atom. The summed E-state index contributed by atoms with van der Waals surface area (Å²) in [6.45, 7) is 1.97. The van der Waals surface area contributed by atoms with Crippen LogP contribution in [0.1, 0.15) is 53.8 Å². The molecule has 1 saturated heterocycles. The number of amides is 1. The fraction of sp³-hybridized carbons (Fsp3) is 0.400. The first kappa shape index (κ1) is 19.1. The Labute approximate surface area is 175 Å². The first-order chi connectivity index (χ1) is 14.3. The molecule has 0 aliphatic carbocycles. The van der Waals surface area contributed by atoms with Gasteiger partial charge in [-0.15, -0.1) is 0 Å². The van der Waals surface area contributed by atoms with Crippen molar-refractivity contribution in [3.8, 4) is 0 Å². The zero-order chi connectivity index (χ0) is 21.0. The van der Waals surface area contributed by atoms with E-state index in [0.29, 0.717) is 24.1 Å². The number of rotatable bonds is 0. The van der Waals surface area contributed by atoms with Gasteiger partial charge in [-0.05, 0) is 55.6 Å². The molecular formula is C20H23B2FN6O. The van der Waals surface area contributed by atoms with Crippen LogP contribution in [0.4, 0.5) is 10.2 Å². The van der Waals surface area contributed by atoms with E-state index >= 15 is 0 Å². The van der Waals surface area contributed by atoms with Crippen LogP contribution in [-0.4, -0.2) is 52.6 Å². The van der Waals surface area contributed by atoms with Gasteiger partial charge in [0.15, 0.2) is 5.65 Å². The quantitative estimate of drug-likeness (QED) is 0.556. The second-order valence-electron chi connectivity index (χ2n) is 8.95. The van der Waals surface area contributed by atoms with Crippen molar-refractivity contribution in [3.63, 3.8) is 0 Å². The molecule has 1 amide bonds. The lowest BCUT2D eigenvalue weighted by Gasteiger charge is -2.38. The zero-order valence-corrected chi connectivity index (χ0v) is 17.4. The SMILES string of the molecule is BC1(B)CCC2c3cc(F)cnc3CC[C@@H](C)NC(=O)c3cnn4ccc(nc34)N21. The fourth-order valence-corrected chi connectivity index (χ4v) is 4.79.